The van der Waals surface area contributed by atoms with Crippen molar-refractivity contribution in [1.82, 2.24) is 20.2 Å². The van der Waals surface area contributed by atoms with E-state index in [9.17, 15) is 9.18 Å². The fourth-order valence-electron chi connectivity index (χ4n) is 4.87. The first-order valence-corrected chi connectivity index (χ1v) is 12.7. The van der Waals surface area contributed by atoms with Gasteiger partial charge in [-0.25, -0.2) is 9.07 Å². The molecule has 0 radical (unpaired) electrons. The Morgan fingerprint density at radius 3 is 2.42 bits per heavy atom. The summed E-state index contributed by atoms with van der Waals surface area (Å²) in [6.45, 7) is 4.91. The molecule has 1 aliphatic rings. The summed E-state index contributed by atoms with van der Waals surface area (Å²) in [6.07, 6.45) is 2.45. The number of ether oxygens (including phenoxy) is 2. The Labute approximate surface area is 220 Å². The van der Waals surface area contributed by atoms with Crippen LogP contribution >= 0.6 is 0 Å². The van der Waals surface area contributed by atoms with Gasteiger partial charge >= 0.3 is 0 Å². The van der Waals surface area contributed by atoms with Crippen LogP contribution in [0.25, 0.3) is 5.69 Å². The van der Waals surface area contributed by atoms with E-state index in [2.05, 4.69) is 34.7 Å². The van der Waals surface area contributed by atoms with Crippen molar-refractivity contribution in [1.29, 1.82) is 0 Å². The minimum Gasteiger partial charge on any atom is -0.484 e. The largest absolute Gasteiger partial charge is 0.484 e. The van der Waals surface area contributed by atoms with Gasteiger partial charge in [-0.05, 0) is 88.3 Å². The second kappa shape index (κ2) is 11.5. The molecule has 3 atom stereocenters. The number of hydrogen-bond donors (Lipinski definition) is 1. The first kappa shape index (κ1) is 25.5. The lowest BCUT2D eigenvalue weighted by molar-refractivity contribution is -0.118. The molecule has 1 fully saturated rings. The van der Waals surface area contributed by atoms with Gasteiger partial charge in [0.1, 0.15) is 17.9 Å². The summed E-state index contributed by atoms with van der Waals surface area (Å²) >= 11 is 0. The Morgan fingerprint density at radius 1 is 1.05 bits per heavy atom. The van der Waals surface area contributed by atoms with E-state index in [0.29, 0.717) is 29.9 Å². The van der Waals surface area contributed by atoms with Crippen molar-refractivity contribution in [3.63, 3.8) is 0 Å². The Bertz CT molecular complexity index is 1330. The number of tetrazole rings is 1. The monoisotopic (exact) mass is 515 g/mol. The highest BCUT2D eigenvalue weighted by Gasteiger charge is 2.35. The van der Waals surface area contributed by atoms with Gasteiger partial charge in [0, 0.05) is 11.6 Å². The number of amides is 1. The van der Waals surface area contributed by atoms with Gasteiger partial charge in [-0.1, -0.05) is 38.1 Å². The van der Waals surface area contributed by atoms with Gasteiger partial charge in [0.2, 0.25) is 0 Å². The van der Waals surface area contributed by atoms with Gasteiger partial charge in [0.25, 0.3) is 5.91 Å². The third-order valence-electron chi connectivity index (χ3n) is 6.96. The Kier molecular flexibility index (Phi) is 7.74. The van der Waals surface area contributed by atoms with Crippen molar-refractivity contribution in [3.05, 3.63) is 96.1 Å². The molecule has 38 heavy (non-hydrogen) atoms. The highest BCUT2D eigenvalue weighted by molar-refractivity contribution is 5.91. The van der Waals surface area contributed by atoms with Crippen LogP contribution in [-0.2, 0) is 9.53 Å². The molecular formula is C29H30FN5O3. The molecule has 9 heteroatoms. The molecule has 5 rings (SSSR count). The van der Waals surface area contributed by atoms with E-state index < -0.39 is 0 Å². The molecule has 1 amide bonds. The molecule has 0 aliphatic carbocycles. The number of hydrogen-bond acceptors (Lipinski definition) is 6. The number of halogens is 1. The summed E-state index contributed by atoms with van der Waals surface area (Å²) in [5.74, 6) is 1.12. The van der Waals surface area contributed by atoms with Crippen LogP contribution in [0, 0.1) is 17.7 Å². The fourth-order valence-corrected chi connectivity index (χ4v) is 4.87. The van der Waals surface area contributed by atoms with E-state index in [4.69, 9.17) is 9.47 Å². The minimum absolute atomic E-state index is 0.0275. The summed E-state index contributed by atoms with van der Waals surface area (Å²) < 4.78 is 27.0. The van der Waals surface area contributed by atoms with Crippen molar-refractivity contribution in [2.24, 2.45) is 11.8 Å². The zero-order valence-corrected chi connectivity index (χ0v) is 21.3. The number of carbonyl (C=O) groups is 1. The van der Waals surface area contributed by atoms with E-state index in [-0.39, 0.29) is 30.4 Å². The average Bonchev–Trinajstić information content (AvgIpc) is 3.48. The summed E-state index contributed by atoms with van der Waals surface area (Å²) in [6, 6.07) is 21.7. The van der Waals surface area contributed by atoms with E-state index in [1.165, 1.54) is 23.1 Å². The standard InChI is InChI=1S/C29H30FN5O3/c1-19(2)27-15-22(20-3-7-23(30)8-4-20)16-38-29(27)21-5-13-26(14-6-21)37-17-28(36)32-24-9-11-25(12-10-24)35-18-31-33-34-35/h3-14,18-19,22,27,29H,15-17H2,1-2H3,(H,32,36)/t22-,27-,29-/m0/s1. The maximum Gasteiger partial charge on any atom is 0.262 e. The van der Waals surface area contributed by atoms with E-state index >= 15 is 0 Å². The predicted molar refractivity (Wildman–Crippen MR) is 140 cm³/mol. The normalized spacial score (nSPS) is 19.3. The van der Waals surface area contributed by atoms with Crippen LogP contribution < -0.4 is 10.1 Å². The average molecular weight is 516 g/mol. The summed E-state index contributed by atoms with van der Waals surface area (Å²) in [5.41, 5.74) is 3.64. The smallest absolute Gasteiger partial charge is 0.262 e. The Hall–Kier alpha value is -4.11. The molecule has 4 aromatic rings. The molecule has 0 unspecified atom stereocenters. The first-order chi connectivity index (χ1) is 18.5. The van der Waals surface area contributed by atoms with Crippen LogP contribution in [0.15, 0.2) is 79.1 Å². The molecule has 0 spiro atoms. The molecule has 1 N–H and O–H groups in total. The van der Waals surface area contributed by atoms with Crippen LogP contribution in [0.2, 0.25) is 0 Å². The van der Waals surface area contributed by atoms with Crippen LogP contribution in [0.4, 0.5) is 10.1 Å². The number of nitrogens with zero attached hydrogens (tertiary/aromatic N) is 4. The number of aromatic nitrogens is 4. The number of benzene rings is 3. The van der Waals surface area contributed by atoms with Gasteiger partial charge in [0.15, 0.2) is 6.61 Å². The lowest BCUT2D eigenvalue weighted by Gasteiger charge is -2.39. The predicted octanol–water partition coefficient (Wildman–Crippen LogP) is 5.34. The van der Waals surface area contributed by atoms with E-state index in [1.54, 1.807) is 12.1 Å². The van der Waals surface area contributed by atoms with Crippen LogP contribution in [0.3, 0.4) is 0 Å². The Morgan fingerprint density at radius 2 is 1.76 bits per heavy atom. The minimum atomic E-state index is -0.258. The molecular weight excluding hydrogens is 485 g/mol. The van der Waals surface area contributed by atoms with Gasteiger partial charge in [0.05, 0.1) is 18.4 Å². The second-order valence-corrected chi connectivity index (χ2v) is 9.85. The van der Waals surface area contributed by atoms with Crippen LogP contribution in [0.1, 0.15) is 43.4 Å². The number of anilines is 1. The van der Waals surface area contributed by atoms with Crippen molar-refractivity contribution >= 4 is 11.6 Å². The molecule has 8 nitrogen and oxygen atoms in total. The molecule has 1 aliphatic heterocycles. The summed E-state index contributed by atoms with van der Waals surface area (Å²) in [7, 11) is 0. The van der Waals surface area contributed by atoms with E-state index in [1.807, 2.05) is 48.5 Å². The molecule has 2 heterocycles. The first-order valence-electron chi connectivity index (χ1n) is 12.7. The molecule has 1 saturated heterocycles. The topological polar surface area (TPSA) is 91.2 Å². The Balaban J connectivity index is 1.15. The van der Waals surface area contributed by atoms with Gasteiger partial charge in [-0.3, -0.25) is 4.79 Å². The molecule has 1 aromatic heterocycles. The lowest BCUT2D eigenvalue weighted by Crippen LogP contribution is -2.31. The molecule has 0 saturated carbocycles. The third-order valence-corrected chi connectivity index (χ3v) is 6.96. The number of rotatable bonds is 8. The summed E-state index contributed by atoms with van der Waals surface area (Å²) in [5, 5.41) is 13.9. The lowest BCUT2D eigenvalue weighted by atomic mass is 9.76. The van der Waals surface area contributed by atoms with Crippen molar-refractivity contribution in [3.8, 4) is 11.4 Å². The van der Waals surface area contributed by atoms with Gasteiger partial charge in [-0.2, -0.15) is 0 Å². The third kappa shape index (κ3) is 6.06. The zero-order valence-electron chi connectivity index (χ0n) is 21.3. The molecule has 0 bridgehead atoms. The fraction of sp³-hybridized carbons (Fsp3) is 0.310. The van der Waals surface area contributed by atoms with Crippen molar-refractivity contribution in [2.45, 2.75) is 32.3 Å². The van der Waals surface area contributed by atoms with Crippen molar-refractivity contribution < 1.29 is 18.7 Å². The highest BCUT2D eigenvalue weighted by atomic mass is 19.1. The van der Waals surface area contributed by atoms with Gasteiger partial charge < -0.3 is 14.8 Å². The molecule has 196 valence electrons. The quantitative estimate of drug-likeness (QED) is 0.341. The number of carbonyl (C=O) groups excluding carboxylic acids is 1. The van der Waals surface area contributed by atoms with Crippen molar-refractivity contribution in [2.75, 3.05) is 18.5 Å². The number of nitrogens with one attached hydrogen (secondary N) is 1. The highest BCUT2D eigenvalue weighted by Crippen LogP contribution is 2.43. The maximum absolute atomic E-state index is 13.4. The second-order valence-electron chi connectivity index (χ2n) is 9.85. The van der Waals surface area contributed by atoms with Crippen LogP contribution in [0.5, 0.6) is 5.75 Å². The summed E-state index contributed by atoms with van der Waals surface area (Å²) in [4.78, 5) is 12.4. The van der Waals surface area contributed by atoms with Gasteiger partial charge in [-0.15, -0.1) is 5.10 Å². The van der Waals surface area contributed by atoms with Crippen LogP contribution in [-0.4, -0.2) is 39.3 Å². The zero-order chi connectivity index (χ0) is 26.5. The SMILES string of the molecule is CC(C)[C@@H]1C[C@H](c2ccc(F)cc2)CO[C@H]1c1ccc(OCC(=O)Nc2ccc(-n3cnnn3)cc2)cc1. The van der Waals surface area contributed by atoms with E-state index in [0.717, 1.165) is 23.2 Å². The maximum atomic E-state index is 13.4. The molecule has 3 aromatic carbocycles.